The Morgan fingerprint density at radius 2 is 1.51 bits per heavy atom. The largest absolute Gasteiger partial charge is 0.456 e. The Balaban J connectivity index is 1.53. The highest BCUT2D eigenvalue weighted by molar-refractivity contribution is 5.97. The third kappa shape index (κ3) is 5.73. The summed E-state index contributed by atoms with van der Waals surface area (Å²) in [5.41, 5.74) is 3.27. The van der Waals surface area contributed by atoms with Crippen LogP contribution in [0.1, 0.15) is 54.2 Å². The third-order valence-corrected chi connectivity index (χ3v) is 5.75. The number of carbonyl (C=O) groups is 2. The lowest BCUT2D eigenvalue weighted by atomic mass is 9.95. The predicted molar refractivity (Wildman–Crippen MR) is 128 cm³/mol. The predicted octanol–water partition coefficient (Wildman–Crippen LogP) is 6.81. The molecule has 3 aromatic carbocycles. The first kappa shape index (κ1) is 24.5. The first-order valence-corrected chi connectivity index (χ1v) is 11.3. The Hall–Kier alpha value is -3.61. The number of carbonyl (C=O) groups excluding carboxylic acids is 2. The van der Waals surface area contributed by atoms with Crippen LogP contribution in [0, 0.1) is 0 Å². The summed E-state index contributed by atoms with van der Waals surface area (Å²) in [6.45, 7) is 5.77. The van der Waals surface area contributed by atoms with Gasteiger partial charge >= 0.3 is 12.1 Å². The lowest BCUT2D eigenvalue weighted by molar-refractivity contribution is -0.137. The van der Waals surface area contributed by atoms with Gasteiger partial charge in [-0.3, -0.25) is 4.79 Å². The molecular weight excluding hydrogens is 455 g/mol. The summed E-state index contributed by atoms with van der Waals surface area (Å²) in [6.07, 6.45) is -3.46. The number of benzene rings is 3. The zero-order chi connectivity index (χ0) is 25.4. The van der Waals surface area contributed by atoms with Crippen molar-refractivity contribution in [3.63, 3.8) is 0 Å². The van der Waals surface area contributed by atoms with Crippen LogP contribution in [0.15, 0.2) is 66.7 Å². The SMILES string of the molecule is CC(C)(C)OC(=O)c1ccc(CN2C(=O)CCc3cc(-c4ccc(C(F)(F)F)cc4)ccc32)cc1. The molecule has 4 nitrogen and oxygen atoms in total. The van der Waals surface area contributed by atoms with Gasteiger partial charge in [0.2, 0.25) is 5.91 Å². The summed E-state index contributed by atoms with van der Waals surface area (Å²) >= 11 is 0. The van der Waals surface area contributed by atoms with Crippen LogP contribution in [0.5, 0.6) is 0 Å². The van der Waals surface area contributed by atoms with Gasteiger partial charge in [-0.1, -0.05) is 30.3 Å². The molecule has 4 rings (SSSR count). The zero-order valence-electron chi connectivity index (χ0n) is 19.8. The minimum atomic E-state index is -4.37. The molecule has 0 N–H and O–H groups in total. The normalized spacial score (nSPS) is 14.0. The van der Waals surface area contributed by atoms with Crippen molar-refractivity contribution in [1.82, 2.24) is 0 Å². The number of alkyl halides is 3. The van der Waals surface area contributed by atoms with Crippen LogP contribution in [0.25, 0.3) is 11.1 Å². The summed E-state index contributed by atoms with van der Waals surface area (Å²) in [6, 6.07) is 17.6. The quantitative estimate of drug-likeness (QED) is 0.385. The topological polar surface area (TPSA) is 46.6 Å². The number of halogens is 3. The van der Waals surface area contributed by atoms with Gasteiger partial charge < -0.3 is 9.64 Å². The number of ether oxygens (including phenoxy) is 1. The molecule has 0 aliphatic carbocycles. The average Bonchev–Trinajstić information content (AvgIpc) is 2.79. The molecule has 7 heteroatoms. The number of amides is 1. The molecule has 0 atom stereocenters. The molecule has 0 saturated carbocycles. The van der Waals surface area contributed by atoms with Gasteiger partial charge in [-0.2, -0.15) is 13.2 Å². The van der Waals surface area contributed by atoms with Gasteiger partial charge in [-0.05, 0) is 85.8 Å². The molecule has 0 bridgehead atoms. The van der Waals surface area contributed by atoms with Crippen molar-refractivity contribution < 1.29 is 27.5 Å². The molecule has 182 valence electrons. The van der Waals surface area contributed by atoms with E-state index >= 15 is 0 Å². The van der Waals surface area contributed by atoms with Gasteiger partial charge in [0.1, 0.15) is 5.60 Å². The average molecular weight is 482 g/mol. The highest BCUT2D eigenvalue weighted by Crippen LogP contribution is 2.35. The van der Waals surface area contributed by atoms with Crippen molar-refractivity contribution in [1.29, 1.82) is 0 Å². The molecule has 1 amide bonds. The van der Waals surface area contributed by atoms with Crippen molar-refractivity contribution in [2.45, 2.75) is 51.9 Å². The summed E-state index contributed by atoms with van der Waals surface area (Å²) in [7, 11) is 0. The van der Waals surface area contributed by atoms with E-state index in [9.17, 15) is 22.8 Å². The van der Waals surface area contributed by atoms with E-state index in [1.165, 1.54) is 12.1 Å². The molecule has 1 heterocycles. The lowest BCUT2D eigenvalue weighted by Crippen LogP contribution is -2.34. The van der Waals surface area contributed by atoms with Crippen LogP contribution in [0.3, 0.4) is 0 Å². The van der Waals surface area contributed by atoms with Gasteiger partial charge in [0, 0.05) is 12.1 Å². The number of hydrogen-bond acceptors (Lipinski definition) is 3. The lowest BCUT2D eigenvalue weighted by Gasteiger charge is -2.30. The van der Waals surface area contributed by atoms with Crippen molar-refractivity contribution >= 4 is 17.6 Å². The summed E-state index contributed by atoms with van der Waals surface area (Å²) in [5.74, 6) is -0.407. The zero-order valence-corrected chi connectivity index (χ0v) is 19.8. The van der Waals surface area contributed by atoms with Gasteiger partial charge in [0.25, 0.3) is 0 Å². The van der Waals surface area contributed by atoms with Crippen molar-refractivity contribution in [3.8, 4) is 11.1 Å². The fourth-order valence-corrected chi connectivity index (χ4v) is 4.03. The number of anilines is 1. The Bertz CT molecular complexity index is 1240. The third-order valence-electron chi connectivity index (χ3n) is 5.75. The molecule has 3 aromatic rings. The van der Waals surface area contributed by atoms with Gasteiger partial charge in [0.05, 0.1) is 17.7 Å². The van der Waals surface area contributed by atoms with Crippen molar-refractivity contribution in [2.75, 3.05) is 4.90 Å². The second-order valence-electron chi connectivity index (χ2n) is 9.60. The minimum Gasteiger partial charge on any atom is -0.456 e. The summed E-state index contributed by atoms with van der Waals surface area (Å²) < 4.78 is 44.0. The van der Waals surface area contributed by atoms with Crippen LogP contribution in [0.4, 0.5) is 18.9 Å². The van der Waals surface area contributed by atoms with Crippen LogP contribution in [-0.2, 0) is 28.7 Å². The van der Waals surface area contributed by atoms with Crippen LogP contribution >= 0.6 is 0 Å². The highest BCUT2D eigenvalue weighted by Gasteiger charge is 2.30. The van der Waals surface area contributed by atoms with E-state index < -0.39 is 23.3 Å². The van der Waals surface area contributed by atoms with Gasteiger partial charge in [-0.25, -0.2) is 4.79 Å². The maximum absolute atomic E-state index is 12.9. The van der Waals surface area contributed by atoms with E-state index in [0.717, 1.165) is 34.5 Å². The van der Waals surface area contributed by atoms with E-state index in [2.05, 4.69) is 0 Å². The first-order chi connectivity index (χ1) is 16.4. The highest BCUT2D eigenvalue weighted by atomic mass is 19.4. The molecule has 1 aliphatic rings. The van der Waals surface area contributed by atoms with Crippen molar-refractivity contribution in [2.24, 2.45) is 0 Å². The Labute approximate surface area is 202 Å². The molecule has 1 aliphatic heterocycles. The number of nitrogens with zero attached hydrogens (tertiary/aromatic N) is 1. The fraction of sp³-hybridized carbons (Fsp3) is 0.286. The fourth-order valence-electron chi connectivity index (χ4n) is 4.03. The monoisotopic (exact) mass is 481 g/mol. The number of rotatable bonds is 4. The van der Waals surface area contributed by atoms with E-state index in [0.29, 0.717) is 30.5 Å². The van der Waals surface area contributed by atoms with Gasteiger partial charge in [-0.15, -0.1) is 0 Å². The molecule has 0 radical (unpaired) electrons. The maximum Gasteiger partial charge on any atom is 0.416 e. The van der Waals surface area contributed by atoms with E-state index in [1.807, 2.05) is 39.0 Å². The Kier molecular flexibility index (Phi) is 6.45. The number of fused-ring (bicyclic) bond motifs is 1. The minimum absolute atomic E-state index is 0.00370. The van der Waals surface area contributed by atoms with E-state index in [-0.39, 0.29) is 5.91 Å². The molecule has 0 aromatic heterocycles. The molecular formula is C28H26F3NO3. The van der Waals surface area contributed by atoms with Crippen molar-refractivity contribution in [3.05, 3.63) is 89.0 Å². The molecule has 0 spiro atoms. The standard InChI is InChI=1S/C28H26F3NO3/c1-27(2,3)35-26(34)20-6-4-18(5-7-20)17-32-24-14-10-21(16-22(24)11-15-25(32)33)19-8-12-23(13-9-19)28(29,30)31/h4-10,12-14,16H,11,15,17H2,1-3H3. The Morgan fingerprint density at radius 1 is 0.886 bits per heavy atom. The second kappa shape index (κ2) is 9.21. The van der Waals surface area contributed by atoms with Gasteiger partial charge in [0.15, 0.2) is 0 Å². The molecule has 0 fully saturated rings. The van der Waals surface area contributed by atoms with E-state index in [1.54, 1.807) is 29.2 Å². The Morgan fingerprint density at radius 3 is 2.11 bits per heavy atom. The number of esters is 1. The van der Waals surface area contributed by atoms with Crippen LogP contribution in [-0.4, -0.2) is 17.5 Å². The number of hydrogen-bond donors (Lipinski definition) is 0. The number of aryl methyl sites for hydroxylation is 1. The first-order valence-electron chi connectivity index (χ1n) is 11.3. The smallest absolute Gasteiger partial charge is 0.416 e. The molecule has 0 saturated heterocycles. The summed E-state index contributed by atoms with van der Waals surface area (Å²) in [4.78, 5) is 26.7. The van der Waals surface area contributed by atoms with E-state index in [4.69, 9.17) is 4.74 Å². The second-order valence-corrected chi connectivity index (χ2v) is 9.60. The molecule has 0 unspecified atom stereocenters. The van der Waals surface area contributed by atoms with Crippen LogP contribution in [0.2, 0.25) is 0 Å². The maximum atomic E-state index is 12.9. The summed E-state index contributed by atoms with van der Waals surface area (Å²) in [5, 5.41) is 0. The van der Waals surface area contributed by atoms with Crippen LogP contribution < -0.4 is 4.90 Å². The molecule has 35 heavy (non-hydrogen) atoms.